The molecule has 0 aliphatic carbocycles. The summed E-state index contributed by atoms with van der Waals surface area (Å²) in [5.41, 5.74) is 0.620. The first kappa shape index (κ1) is 12.3. The van der Waals surface area contributed by atoms with Crippen molar-refractivity contribution in [2.75, 3.05) is 7.11 Å². The minimum atomic E-state index is -0.809. The van der Waals surface area contributed by atoms with E-state index in [9.17, 15) is 9.59 Å². The molecule has 1 aromatic carbocycles. The Labute approximate surface area is 106 Å². The first-order valence-corrected chi connectivity index (χ1v) is 5.81. The molecule has 0 aliphatic rings. The van der Waals surface area contributed by atoms with Gasteiger partial charge in [-0.2, -0.15) is 0 Å². The maximum atomic E-state index is 11.4. The van der Waals surface area contributed by atoms with Crippen LogP contribution in [0.2, 0.25) is 0 Å². The number of carbonyl (C=O) groups excluding carboxylic acids is 2. The van der Waals surface area contributed by atoms with Gasteiger partial charge in [-0.25, -0.2) is 4.79 Å². The Morgan fingerprint density at radius 1 is 1.39 bits per heavy atom. The number of ether oxygens (including phenoxy) is 2. The van der Waals surface area contributed by atoms with E-state index in [-0.39, 0.29) is 10.7 Å². The van der Waals surface area contributed by atoms with Gasteiger partial charge in [-0.15, -0.1) is 0 Å². The number of nitrogens with zero attached hydrogens (tertiary/aromatic N) is 1. The van der Waals surface area contributed by atoms with Crippen LogP contribution in [0, 0.1) is 5.41 Å². The summed E-state index contributed by atoms with van der Waals surface area (Å²) in [7, 11) is 1.22. The fraction of sp³-hybridized carbons (Fsp3) is 0.182. The van der Waals surface area contributed by atoms with Crippen LogP contribution in [-0.4, -0.2) is 23.7 Å². The number of hydrogen-bond donors (Lipinski definition) is 1. The maximum absolute atomic E-state index is 11.4. The van der Waals surface area contributed by atoms with E-state index < -0.39 is 6.16 Å². The molecule has 0 unspecified atom stereocenters. The lowest BCUT2D eigenvalue weighted by Gasteiger charge is -2.02. The van der Waals surface area contributed by atoms with Crippen LogP contribution in [0.25, 0.3) is 10.2 Å². The Balaban J connectivity index is 2.51. The highest BCUT2D eigenvalue weighted by molar-refractivity contribution is 7.16. The predicted molar refractivity (Wildman–Crippen MR) is 65.0 cm³/mol. The van der Waals surface area contributed by atoms with Crippen molar-refractivity contribution in [1.29, 1.82) is 5.41 Å². The quantitative estimate of drug-likeness (QED) is 0.632. The number of benzene rings is 1. The van der Waals surface area contributed by atoms with Gasteiger partial charge in [-0.3, -0.25) is 14.8 Å². The van der Waals surface area contributed by atoms with E-state index in [0.29, 0.717) is 16.0 Å². The van der Waals surface area contributed by atoms with E-state index in [4.69, 9.17) is 10.1 Å². The van der Waals surface area contributed by atoms with Crippen LogP contribution >= 0.6 is 11.3 Å². The van der Waals surface area contributed by atoms with Crippen LogP contribution in [0.1, 0.15) is 11.7 Å². The van der Waals surface area contributed by atoms with E-state index in [1.807, 2.05) is 0 Å². The summed E-state index contributed by atoms with van der Waals surface area (Å²) in [5, 5.41) is 7.71. The van der Waals surface area contributed by atoms with Crippen molar-refractivity contribution in [3.05, 3.63) is 23.0 Å². The van der Waals surface area contributed by atoms with Crippen molar-refractivity contribution < 1.29 is 19.1 Å². The van der Waals surface area contributed by atoms with Crippen molar-refractivity contribution in [3.63, 3.8) is 0 Å². The van der Waals surface area contributed by atoms with E-state index in [1.54, 1.807) is 18.2 Å². The molecule has 6 nitrogen and oxygen atoms in total. The van der Waals surface area contributed by atoms with Gasteiger partial charge in [0.05, 0.1) is 17.3 Å². The van der Waals surface area contributed by atoms with Crippen molar-refractivity contribution in [1.82, 2.24) is 4.57 Å². The highest BCUT2D eigenvalue weighted by atomic mass is 32.1. The Bertz CT molecular complexity index is 686. The number of carbonyl (C=O) groups is 2. The summed E-state index contributed by atoms with van der Waals surface area (Å²) in [6.07, 6.45) is -0.809. The molecule has 1 aromatic heterocycles. The number of fused-ring (bicyclic) bond motifs is 1. The van der Waals surface area contributed by atoms with Gasteiger partial charge < -0.3 is 9.47 Å². The molecule has 0 amide bonds. The van der Waals surface area contributed by atoms with Gasteiger partial charge in [0.2, 0.25) is 5.91 Å². The van der Waals surface area contributed by atoms with E-state index in [2.05, 4.69) is 4.74 Å². The number of methoxy groups -OCH3 is 1. The summed E-state index contributed by atoms with van der Waals surface area (Å²) in [6.45, 7) is 1.39. The first-order chi connectivity index (χ1) is 8.52. The minimum absolute atomic E-state index is 0.132. The van der Waals surface area contributed by atoms with Gasteiger partial charge in [0.25, 0.3) is 0 Å². The number of thiazole rings is 1. The molecular formula is C11H10N2O4S. The largest absolute Gasteiger partial charge is 0.513 e. The predicted octanol–water partition coefficient (Wildman–Crippen LogP) is 1.99. The Hall–Kier alpha value is -2.15. The smallest absolute Gasteiger partial charge is 0.437 e. The monoisotopic (exact) mass is 266 g/mol. The third-order valence-corrected chi connectivity index (χ3v) is 3.19. The average molecular weight is 266 g/mol. The molecule has 0 aliphatic heterocycles. The van der Waals surface area contributed by atoms with Crippen LogP contribution in [0.15, 0.2) is 18.2 Å². The molecule has 0 saturated carbocycles. The molecule has 18 heavy (non-hydrogen) atoms. The first-order valence-electron chi connectivity index (χ1n) is 5.00. The second kappa shape index (κ2) is 4.61. The van der Waals surface area contributed by atoms with Crippen LogP contribution in [0.4, 0.5) is 4.79 Å². The lowest BCUT2D eigenvalue weighted by atomic mass is 10.3. The molecular weight excluding hydrogens is 256 g/mol. The van der Waals surface area contributed by atoms with Crippen molar-refractivity contribution >= 4 is 33.6 Å². The van der Waals surface area contributed by atoms with E-state index in [0.717, 1.165) is 11.3 Å². The molecule has 1 N–H and O–H groups in total. The second-order valence-corrected chi connectivity index (χ2v) is 4.48. The van der Waals surface area contributed by atoms with Crippen molar-refractivity contribution in [3.8, 4) is 5.75 Å². The topological polar surface area (TPSA) is 81.4 Å². The summed E-state index contributed by atoms with van der Waals surface area (Å²) < 4.78 is 11.2. The summed E-state index contributed by atoms with van der Waals surface area (Å²) in [6, 6.07) is 4.77. The minimum Gasteiger partial charge on any atom is -0.437 e. The molecule has 0 bridgehead atoms. The second-order valence-electron chi connectivity index (χ2n) is 3.45. The number of hydrogen-bond acceptors (Lipinski definition) is 6. The van der Waals surface area contributed by atoms with E-state index >= 15 is 0 Å². The lowest BCUT2D eigenvalue weighted by Crippen LogP contribution is -2.18. The Morgan fingerprint density at radius 3 is 2.72 bits per heavy atom. The number of aromatic nitrogens is 1. The third kappa shape index (κ3) is 2.12. The highest BCUT2D eigenvalue weighted by Crippen LogP contribution is 2.23. The normalized spacial score (nSPS) is 10.3. The van der Waals surface area contributed by atoms with Gasteiger partial charge >= 0.3 is 6.16 Å². The molecule has 1 heterocycles. The van der Waals surface area contributed by atoms with Crippen LogP contribution < -0.4 is 9.54 Å². The average Bonchev–Trinajstić information content (AvgIpc) is 2.64. The number of rotatable bonds is 1. The SMILES string of the molecule is COC(=O)Oc1ccc2c(c1)sc(=N)n2C(C)=O. The molecule has 0 atom stereocenters. The lowest BCUT2D eigenvalue weighted by molar-refractivity contribution is 0.0937. The summed E-state index contributed by atoms with van der Waals surface area (Å²) in [4.78, 5) is 22.5. The molecule has 0 saturated heterocycles. The molecule has 94 valence electrons. The van der Waals surface area contributed by atoms with Crippen molar-refractivity contribution in [2.24, 2.45) is 0 Å². The fourth-order valence-electron chi connectivity index (χ4n) is 1.53. The van der Waals surface area contributed by atoms with Gasteiger partial charge in [-0.1, -0.05) is 11.3 Å². The molecule has 7 heteroatoms. The number of nitrogens with one attached hydrogen (secondary N) is 1. The molecule has 2 aromatic rings. The Morgan fingerprint density at radius 2 is 2.11 bits per heavy atom. The summed E-state index contributed by atoms with van der Waals surface area (Å²) >= 11 is 1.13. The van der Waals surface area contributed by atoms with Crippen LogP contribution in [0.5, 0.6) is 5.75 Å². The maximum Gasteiger partial charge on any atom is 0.513 e. The summed E-state index contributed by atoms with van der Waals surface area (Å²) in [5.74, 6) is 0.0826. The van der Waals surface area contributed by atoms with Crippen LogP contribution in [0.3, 0.4) is 0 Å². The molecule has 0 radical (unpaired) electrons. The van der Waals surface area contributed by atoms with Gasteiger partial charge in [0.1, 0.15) is 5.75 Å². The standard InChI is InChI=1S/C11H10N2O4S/c1-6(14)13-8-4-3-7(17-11(15)16-2)5-9(8)18-10(13)12/h3-5,12H,1-2H3. The zero-order chi connectivity index (χ0) is 13.3. The Kier molecular flexibility index (Phi) is 3.15. The van der Waals surface area contributed by atoms with Gasteiger partial charge in [0, 0.05) is 13.0 Å². The van der Waals surface area contributed by atoms with Gasteiger partial charge in [-0.05, 0) is 12.1 Å². The highest BCUT2D eigenvalue weighted by Gasteiger charge is 2.11. The zero-order valence-corrected chi connectivity index (χ0v) is 10.5. The molecule has 2 rings (SSSR count). The van der Waals surface area contributed by atoms with Crippen LogP contribution in [-0.2, 0) is 4.74 Å². The third-order valence-electron chi connectivity index (χ3n) is 2.26. The fourth-order valence-corrected chi connectivity index (χ4v) is 2.50. The van der Waals surface area contributed by atoms with Gasteiger partial charge in [0.15, 0.2) is 4.80 Å². The van der Waals surface area contributed by atoms with E-state index in [1.165, 1.54) is 18.6 Å². The molecule has 0 spiro atoms. The van der Waals surface area contributed by atoms with Crippen molar-refractivity contribution in [2.45, 2.75) is 6.92 Å². The zero-order valence-electron chi connectivity index (χ0n) is 9.72. The molecule has 0 fully saturated rings.